The van der Waals surface area contributed by atoms with E-state index in [0.717, 1.165) is 24.2 Å². The van der Waals surface area contributed by atoms with Crippen LogP contribution in [0.25, 0.3) is 10.9 Å². The summed E-state index contributed by atoms with van der Waals surface area (Å²) in [6.45, 7) is 3.12. The molecule has 0 aliphatic carbocycles. The molecule has 0 atom stereocenters. The molecule has 0 saturated carbocycles. The smallest absolute Gasteiger partial charge is 0.138 e. The van der Waals surface area contributed by atoms with Gasteiger partial charge in [0.25, 0.3) is 0 Å². The number of hydrogen-bond acceptors (Lipinski definition) is 2. The Morgan fingerprint density at radius 2 is 2.11 bits per heavy atom. The van der Waals surface area contributed by atoms with Crippen molar-refractivity contribution in [3.8, 4) is 5.75 Å². The predicted molar refractivity (Wildman–Crippen MR) is 76.8 cm³/mol. The van der Waals surface area contributed by atoms with Gasteiger partial charge in [-0.05, 0) is 31.7 Å². The average molecular weight is 267 g/mol. The van der Waals surface area contributed by atoms with Crippen LogP contribution in [0.4, 0.5) is 0 Å². The van der Waals surface area contributed by atoms with Crippen molar-refractivity contribution in [2.24, 2.45) is 7.05 Å². The number of aromatic nitrogens is 1. The largest absolute Gasteiger partial charge is 0.495 e. The quantitative estimate of drug-likeness (QED) is 0.921. The Balaban J connectivity index is 2.62. The summed E-state index contributed by atoms with van der Waals surface area (Å²) >= 11 is 6.19. The molecule has 1 aromatic carbocycles. The average Bonchev–Trinajstić information content (AvgIpc) is 2.59. The molecule has 1 heterocycles. The van der Waals surface area contributed by atoms with Gasteiger partial charge < -0.3 is 14.6 Å². The monoisotopic (exact) mass is 266 g/mol. The van der Waals surface area contributed by atoms with Gasteiger partial charge in [0.15, 0.2) is 0 Å². The summed E-state index contributed by atoms with van der Waals surface area (Å²) in [7, 11) is 5.70. The molecule has 2 rings (SSSR count). The van der Waals surface area contributed by atoms with Gasteiger partial charge in [-0.25, -0.2) is 0 Å². The molecule has 0 radical (unpaired) electrons. The molecule has 3 nitrogen and oxygen atoms in total. The summed E-state index contributed by atoms with van der Waals surface area (Å²) in [4.78, 5) is 0. The van der Waals surface area contributed by atoms with Crippen LogP contribution in [0.5, 0.6) is 5.75 Å². The summed E-state index contributed by atoms with van der Waals surface area (Å²) < 4.78 is 7.50. The summed E-state index contributed by atoms with van der Waals surface area (Å²) in [5, 5.41) is 5.06. The van der Waals surface area contributed by atoms with Gasteiger partial charge in [0.2, 0.25) is 0 Å². The van der Waals surface area contributed by atoms with Gasteiger partial charge in [-0.3, -0.25) is 0 Å². The third-order valence-electron chi connectivity index (χ3n) is 3.49. The molecule has 1 aromatic heterocycles. The minimum atomic E-state index is 0.658. The van der Waals surface area contributed by atoms with Gasteiger partial charge in [-0.2, -0.15) is 0 Å². The normalized spacial score (nSPS) is 11.2. The lowest BCUT2D eigenvalue weighted by atomic mass is 10.1. The van der Waals surface area contributed by atoms with Crippen molar-refractivity contribution in [1.82, 2.24) is 9.88 Å². The number of fused-ring (bicyclic) bond motifs is 1. The molecule has 0 unspecified atom stereocenters. The first-order chi connectivity index (χ1) is 8.60. The number of methoxy groups -OCH3 is 1. The van der Waals surface area contributed by atoms with Crippen LogP contribution >= 0.6 is 11.6 Å². The molecule has 0 aliphatic rings. The molecule has 0 aliphatic heterocycles. The van der Waals surface area contributed by atoms with E-state index in [4.69, 9.17) is 16.3 Å². The Morgan fingerprint density at radius 3 is 2.72 bits per heavy atom. The van der Waals surface area contributed by atoms with E-state index >= 15 is 0 Å². The zero-order valence-corrected chi connectivity index (χ0v) is 12.1. The number of likely N-dealkylation sites (N-methyl/N-ethyl adjacent to an activating group) is 1. The summed E-state index contributed by atoms with van der Waals surface area (Å²) in [5.41, 5.74) is 3.80. The number of halogens is 1. The van der Waals surface area contributed by atoms with Crippen molar-refractivity contribution in [2.45, 2.75) is 13.3 Å². The molecule has 0 amide bonds. The van der Waals surface area contributed by atoms with Gasteiger partial charge in [-0.1, -0.05) is 11.6 Å². The zero-order chi connectivity index (χ0) is 13.3. The van der Waals surface area contributed by atoms with Gasteiger partial charge in [0.05, 0.1) is 12.1 Å². The second-order valence-corrected chi connectivity index (χ2v) is 4.90. The second kappa shape index (κ2) is 5.21. The van der Waals surface area contributed by atoms with Crippen molar-refractivity contribution in [3.05, 3.63) is 28.4 Å². The van der Waals surface area contributed by atoms with Crippen LogP contribution in [0, 0.1) is 6.92 Å². The highest BCUT2D eigenvalue weighted by Crippen LogP contribution is 2.34. The van der Waals surface area contributed by atoms with E-state index in [1.807, 2.05) is 19.2 Å². The van der Waals surface area contributed by atoms with Gasteiger partial charge in [0.1, 0.15) is 5.75 Å². The van der Waals surface area contributed by atoms with E-state index < -0.39 is 0 Å². The lowest BCUT2D eigenvalue weighted by Gasteiger charge is -2.05. The summed E-state index contributed by atoms with van der Waals surface area (Å²) in [5.74, 6) is 0.734. The van der Waals surface area contributed by atoms with Crippen molar-refractivity contribution < 1.29 is 4.74 Å². The lowest BCUT2D eigenvalue weighted by Crippen LogP contribution is -2.12. The Morgan fingerprint density at radius 1 is 1.39 bits per heavy atom. The maximum atomic E-state index is 6.19. The Bertz CT molecular complexity index is 575. The second-order valence-electron chi connectivity index (χ2n) is 4.49. The van der Waals surface area contributed by atoms with Crippen molar-refractivity contribution in [3.63, 3.8) is 0 Å². The van der Waals surface area contributed by atoms with Crippen molar-refractivity contribution in [1.29, 1.82) is 0 Å². The van der Waals surface area contributed by atoms with E-state index in [1.165, 1.54) is 16.6 Å². The maximum Gasteiger partial charge on any atom is 0.138 e. The first kappa shape index (κ1) is 13.2. The molecule has 4 heteroatoms. The molecule has 2 aromatic rings. The van der Waals surface area contributed by atoms with Crippen LogP contribution in [0.15, 0.2) is 12.1 Å². The van der Waals surface area contributed by atoms with Gasteiger partial charge >= 0.3 is 0 Å². The number of rotatable bonds is 4. The van der Waals surface area contributed by atoms with Crippen molar-refractivity contribution >= 4 is 22.5 Å². The van der Waals surface area contributed by atoms with E-state index in [9.17, 15) is 0 Å². The Kier molecular flexibility index (Phi) is 3.83. The molecule has 1 N–H and O–H groups in total. The molecule has 18 heavy (non-hydrogen) atoms. The fourth-order valence-electron chi connectivity index (χ4n) is 2.43. The minimum absolute atomic E-state index is 0.658. The Hall–Kier alpha value is -1.19. The number of hydrogen-bond donors (Lipinski definition) is 1. The standard InChI is InChI=1S/C14H19ClN2O/c1-9-10-7-14(18-4)11(15)8-13(10)17(3)12(9)5-6-16-2/h7-8,16H,5-6H2,1-4H3. The molecular formula is C14H19ClN2O. The number of ether oxygens (including phenoxy) is 1. The van der Waals surface area contributed by atoms with E-state index in [2.05, 4.69) is 23.9 Å². The zero-order valence-electron chi connectivity index (χ0n) is 11.3. The SMILES string of the molecule is CNCCc1c(C)c2cc(OC)c(Cl)cc2n1C. The van der Waals surface area contributed by atoms with Crippen molar-refractivity contribution in [2.75, 3.05) is 20.7 Å². The molecule has 0 saturated heterocycles. The number of benzene rings is 1. The predicted octanol–water partition coefficient (Wildman–Crippen LogP) is 2.91. The third-order valence-corrected chi connectivity index (χ3v) is 3.78. The molecule has 0 spiro atoms. The third kappa shape index (κ3) is 2.08. The Labute approximate surface area is 113 Å². The van der Waals surface area contributed by atoms with E-state index in [1.54, 1.807) is 7.11 Å². The lowest BCUT2D eigenvalue weighted by molar-refractivity contribution is 0.415. The highest BCUT2D eigenvalue weighted by atomic mass is 35.5. The number of nitrogens with one attached hydrogen (secondary N) is 1. The fourth-order valence-corrected chi connectivity index (χ4v) is 2.66. The van der Waals surface area contributed by atoms with Gasteiger partial charge in [0, 0.05) is 36.6 Å². The number of nitrogens with zero attached hydrogens (tertiary/aromatic N) is 1. The molecule has 0 fully saturated rings. The molecular weight excluding hydrogens is 248 g/mol. The van der Waals surface area contributed by atoms with Crippen LogP contribution in [0.2, 0.25) is 5.02 Å². The summed E-state index contributed by atoms with van der Waals surface area (Å²) in [6.07, 6.45) is 1.01. The summed E-state index contributed by atoms with van der Waals surface area (Å²) in [6, 6.07) is 4.00. The van der Waals surface area contributed by atoms with Crippen LogP contribution < -0.4 is 10.1 Å². The topological polar surface area (TPSA) is 26.2 Å². The van der Waals surface area contributed by atoms with E-state index in [-0.39, 0.29) is 0 Å². The highest BCUT2D eigenvalue weighted by Gasteiger charge is 2.14. The molecule has 0 bridgehead atoms. The fraction of sp³-hybridized carbons (Fsp3) is 0.429. The maximum absolute atomic E-state index is 6.19. The minimum Gasteiger partial charge on any atom is -0.495 e. The van der Waals surface area contributed by atoms with Crippen LogP contribution in [0.3, 0.4) is 0 Å². The highest BCUT2D eigenvalue weighted by molar-refractivity contribution is 6.32. The first-order valence-electron chi connectivity index (χ1n) is 6.06. The molecule has 98 valence electrons. The van der Waals surface area contributed by atoms with Gasteiger partial charge in [-0.15, -0.1) is 0 Å². The van der Waals surface area contributed by atoms with E-state index in [0.29, 0.717) is 5.02 Å². The van der Waals surface area contributed by atoms with Crippen LogP contribution in [0.1, 0.15) is 11.3 Å². The van der Waals surface area contributed by atoms with Crippen LogP contribution in [-0.4, -0.2) is 25.3 Å². The first-order valence-corrected chi connectivity index (χ1v) is 6.44. The van der Waals surface area contributed by atoms with Crippen LogP contribution in [-0.2, 0) is 13.5 Å². The number of aryl methyl sites for hydroxylation is 2.